The van der Waals surface area contributed by atoms with E-state index in [-0.39, 0.29) is 24.3 Å². The molecule has 0 radical (unpaired) electrons. The number of aryl methyl sites for hydroxylation is 1. The predicted octanol–water partition coefficient (Wildman–Crippen LogP) is 4.69. The van der Waals surface area contributed by atoms with Gasteiger partial charge in [0.05, 0.1) is 19.3 Å². The molecular weight excluding hydrogens is 568 g/mol. The van der Waals surface area contributed by atoms with Gasteiger partial charge in [0.15, 0.2) is 6.39 Å². The SMILES string of the molecule is CNC(=O)NCc1ccccc1-c1ccc(CN2C(=O)[C@H](NC(=O)CC(C)(C)NCc3cnco3)CCc3ccccc32)cc1. The van der Waals surface area contributed by atoms with E-state index in [1.54, 1.807) is 18.1 Å². The molecule has 4 aromatic rings. The average Bonchev–Trinajstić information content (AvgIpc) is 3.54. The van der Waals surface area contributed by atoms with Crippen LogP contribution in [0.3, 0.4) is 0 Å². The van der Waals surface area contributed by atoms with Crippen molar-refractivity contribution in [1.29, 1.82) is 0 Å². The van der Waals surface area contributed by atoms with Gasteiger partial charge in [-0.25, -0.2) is 9.78 Å². The van der Waals surface area contributed by atoms with Crippen molar-refractivity contribution >= 4 is 23.5 Å². The second-order valence-corrected chi connectivity index (χ2v) is 11.9. The van der Waals surface area contributed by atoms with Gasteiger partial charge in [-0.3, -0.25) is 9.59 Å². The molecule has 5 rings (SSSR count). The smallest absolute Gasteiger partial charge is 0.314 e. The maximum Gasteiger partial charge on any atom is 0.314 e. The van der Waals surface area contributed by atoms with Crippen LogP contribution in [0.25, 0.3) is 11.1 Å². The number of hydrogen-bond donors (Lipinski definition) is 4. The van der Waals surface area contributed by atoms with Crippen LogP contribution >= 0.6 is 0 Å². The van der Waals surface area contributed by atoms with Crippen LogP contribution in [0.1, 0.15) is 49.1 Å². The molecule has 2 heterocycles. The number of oxazole rings is 1. The minimum atomic E-state index is -0.644. The van der Waals surface area contributed by atoms with Crippen molar-refractivity contribution in [3.8, 4) is 11.1 Å². The fraction of sp³-hybridized carbons (Fsp3) is 0.314. The van der Waals surface area contributed by atoms with Gasteiger partial charge in [0.1, 0.15) is 11.8 Å². The van der Waals surface area contributed by atoms with Crippen molar-refractivity contribution in [3.63, 3.8) is 0 Å². The lowest BCUT2D eigenvalue weighted by Crippen LogP contribution is -2.50. The van der Waals surface area contributed by atoms with Crippen molar-refractivity contribution in [2.45, 2.75) is 64.3 Å². The average molecular weight is 609 g/mol. The van der Waals surface area contributed by atoms with Crippen molar-refractivity contribution in [3.05, 3.63) is 108 Å². The quantitative estimate of drug-likeness (QED) is 0.196. The molecule has 0 unspecified atom stereocenters. The number of rotatable bonds is 11. The molecule has 1 aromatic heterocycles. The summed E-state index contributed by atoms with van der Waals surface area (Å²) in [6.45, 7) is 5.11. The van der Waals surface area contributed by atoms with Gasteiger partial charge in [0, 0.05) is 31.2 Å². The van der Waals surface area contributed by atoms with E-state index in [4.69, 9.17) is 4.42 Å². The number of para-hydroxylation sites is 1. The number of urea groups is 1. The zero-order valence-corrected chi connectivity index (χ0v) is 25.9. The first-order valence-corrected chi connectivity index (χ1v) is 15.2. The molecule has 0 spiro atoms. The summed E-state index contributed by atoms with van der Waals surface area (Å²) < 4.78 is 5.29. The van der Waals surface area contributed by atoms with Crippen LogP contribution in [0.5, 0.6) is 0 Å². The Morgan fingerprint density at radius 1 is 1.00 bits per heavy atom. The van der Waals surface area contributed by atoms with Crippen molar-refractivity contribution < 1.29 is 18.8 Å². The van der Waals surface area contributed by atoms with Crippen LogP contribution in [0.4, 0.5) is 10.5 Å². The predicted molar refractivity (Wildman–Crippen MR) is 173 cm³/mol. The Morgan fingerprint density at radius 2 is 1.76 bits per heavy atom. The number of carbonyl (C=O) groups is 3. The first-order chi connectivity index (χ1) is 21.7. The standard InChI is InChI=1S/C35H40N6O4/c1-35(2,39-21-28-20-37-23-45-28)18-32(42)40-30-17-16-26-8-5-7-11-31(26)41(33(30)43)22-24-12-14-25(15-13-24)29-10-6-4-9-27(29)19-38-34(44)36-3/h4-15,20,23,30,39H,16-19,21-22H2,1-3H3,(H,40,42)(H2,36,38,44)/t30-/m1/s1. The van der Waals surface area contributed by atoms with Gasteiger partial charge >= 0.3 is 6.03 Å². The fourth-order valence-electron chi connectivity index (χ4n) is 5.57. The molecule has 234 valence electrons. The first kappa shape index (κ1) is 31.5. The number of carbonyl (C=O) groups excluding carboxylic acids is 3. The number of anilines is 1. The minimum absolute atomic E-state index is 0.129. The highest BCUT2D eigenvalue weighted by Gasteiger charge is 2.32. The summed E-state index contributed by atoms with van der Waals surface area (Å²) in [4.78, 5) is 44.7. The summed E-state index contributed by atoms with van der Waals surface area (Å²) >= 11 is 0. The van der Waals surface area contributed by atoms with Crippen LogP contribution in [0.15, 0.2) is 89.8 Å². The third-order valence-electron chi connectivity index (χ3n) is 8.00. The molecule has 1 atom stereocenters. The second-order valence-electron chi connectivity index (χ2n) is 11.9. The van der Waals surface area contributed by atoms with Gasteiger partial charge in [-0.2, -0.15) is 0 Å². The molecule has 0 fully saturated rings. The summed E-state index contributed by atoms with van der Waals surface area (Å²) in [5, 5.41) is 11.8. The Bertz CT molecular complexity index is 1620. The molecule has 0 saturated heterocycles. The van der Waals surface area contributed by atoms with Gasteiger partial charge in [-0.15, -0.1) is 0 Å². The molecule has 45 heavy (non-hydrogen) atoms. The number of nitrogens with zero attached hydrogens (tertiary/aromatic N) is 2. The lowest BCUT2D eigenvalue weighted by molar-refractivity contribution is -0.128. The number of benzene rings is 3. The largest absolute Gasteiger partial charge is 0.447 e. The number of nitrogens with one attached hydrogen (secondary N) is 4. The highest BCUT2D eigenvalue weighted by atomic mass is 16.3. The van der Waals surface area contributed by atoms with E-state index in [2.05, 4.69) is 26.3 Å². The molecule has 10 heteroatoms. The molecule has 0 saturated carbocycles. The molecule has 0 aliphatic carbocycles. The van der Waals surface area contributed by atoms with E-state index in [0.29, 0.717) is 38.2 Å². The highest BCUT2D eigenvalue weighted by Crippen LogP contribution is 2.30. The van der Waals surface area contributed by atoms with Crippen molar-refractivity contribution in [1.82, 2.24) is 26.3 Å². The third-order valence-corrected chi connectivity index (χ3v) is 8.00. The highest BCUT2D eigenvalue weighted by molar-refractivity contribution is 6.00. The Kier molecular flexibility index (Phi) is 9.94. The van der Waals surface area contributed by atoms with Crippen molar-refractivity contribution in [2.24, 2.45) is 0 Å². The normalized spacial score (nSPS) is 14.8. The Morgan fingerprint density at radius 3 is 2.51 bits per heavy atom. The van der Waals surface area contributed by atoms with Gasteiger partial charge in [0.25, 0.3) is 0 Å². The molecular formula is C35H40N6O4. The van der Waals surface area contributed by atoms with E-state index in [1.807, 2.05) is 86.6 Å². The number of fused-ring (bicyclic) bond motifs is 1. The monoisotopic (exact) mass is 608 g/mol. The number of amides is 4. The molecule has 4 amide bonds. The Hall–Kier alpha value is -4.96. The second kappa shape index (κ2) is 14.2. The van der Waals surface area contributed by atoms with E-state index in [0.717, 1.165) is 33.5 Å². The van der Waals surface area contributed by atoms with E-state index >= 15 is 0 Å². The van der Waals surface area contributed by atoms with Gasteiger partial charge in [0.2, 0.25) is 11.8 Å². The van der Waals surface area contributed by atoms with E-state index < -0.39 is 11.6 Å². The van der Waals surface area contributed by atoms with Gasteiger partial charge in [-0.05, 0) is 60.6 Å². The molecule has 1 aliphatic rings. The lowest BCUT2D eigenvalue weighted by Gasteiger charge is -2.29. The zero-order chi connectivity index (χ0) is 31.8. The van der Waals surface area contributed by atoms with Gasteiger partial charge < -0.3 is 30.6 Å². The first-order valence-electron chi connectivity index (χ1n) is 15.2. The zero-order valence-electron chi connectivity index (χ0n) is 25.9. The van der Waals surface area contributed by atoms with Crippen LogP contribution < -0.4 is 26.2 Å². The maximum atomic E-state index is 14.0. The van der Waals surface area contributed by atoms with Gasteiger partial charge in [-0.1, -0.05) is 66.7 Å². The number of hydrogen-bond acceptors (Lipinski definition) is 6. The Balaban J connectivity index is 1.29. The summed E-state index contributed by atoms with van der Waals surface area (Å²) in [7, 11) is 1.59. The van der Waals surface area contributed by atoms with Crippen LogP contribution in [0, 0.1) is 0 Å². The summed E-state index contributed by atoms with van der Waals surface area (Å²) in [5.74, 6) is 0.366. The maximum absolute atomic E-state index is 14.0. The fourth-order valence-corrected chi connectivity index (χ4v) is 5.57. The Labute approximate surface area is 263 Å². The van der Waals surface area contributed by atoms with Crippen LogP contribution in [0.2, 0.25) is 0 Å². The topological polar surface area (TPSA) is 129 Å². The lowest BCUT2D eigenvalue weighted by atomic mass is 9.98. The van der Waals surface area contributed by atoms with Crippen LogP contribution in [-0.2, 0) is 35.6 Å². The molecule has 0 bridgehead atoms. The molecule has 3 aromatic carbocycles. The van der Waals surface area contributed by atoms with Crippen molar-refractivity contribution in [2.75, 3.05) is 11.9 Å². The molecule has 10 nitrogen and oxygen atoms in total. The van der Waals surface area contributed by atoms with Crippen LogP contribution in [-0.4, -0.2) is 41.5 Å². The third kappa shape index (κ3) is 8.16. The van der Waals surface area contributed by atoms with E-state index in [9.17, 15) is 14.4 Å². The minimum Gasteiger partial charge on any atom is -0.447 e. The molecule has 4 N–H and O–H groups in total. The molecule has 1 aliphatic heterocycles. The summed E-state index contributed by atoms with van der Waals surface area (Å²) in [6, 6.07) is 23.1. The summed E-state index contributed by atoms with van der Waals surface area (Å²) in [5.41, 5.74) is 5.42. The number of aromatic nitrogens is 1. The summed E-state index contributed by atoms with van der Waals surface area (Å²) in [6.07, 6.45) is 4.40. The van der Waals surface area contributed by atoms with E-state index in [1.165, 1.54) is 6.39 Å².